The Morgan fingerprint density at radius 2 is 2.16 bits per heavy atom. The van der Waals surface area contributed by atoms with Crippen molar-refractivity contribution in [1.29, 1.82) is 0 Å². The number of amides is 2. The van der Waals surface area contributed by atoms with Crippen LogP contribution >= 0.6 is 0 Å². The maximum absolute atomic E-state index is 12.2. The number of nitrogens with one attached hydrogen (secondary N) is 1. The molecule has 2 rings (SSSR count). The van der Waals surface area contributed by atoms with E-state index in [9.17, 15) is 4.79 Å². The Morgan fingerprint density at radius 3 is 2.79 bits per heavy atom. The monoisotopic (exact) mass is 260 g/mol. The summed E-state index contributed by atoms with van der Waals surface area (Å²) in [7, 11) is 1.62. The molecule has 1 saturated heterocycles. The quantitative estimate of drug-likeness (QED) is 0.847. The molecule has 102 valence electrons. The number of hydrogen-bond donors (Lipinski definition) is 1. The van der Waals surface area contributed by atoms with Crippen LogP contribution in [0.25, 0.3) is 0 Å². The number of methoxy groups -OCH3 is 1. The molecule has 1 N–H and O–H groups in total. The Bertz CT molecular complexity index is 442. The van der Waals surface area contributed by atoms with E-state index >= 15 is 0 Å². The van der Waals surface area contributed by atoms with Crippen LogP contribution in [0, 0.1) is 0 Å². The predicted molar refractivity (Wildman–Crippen MR) is 76.6 cm³/mol. The van der Waals surface area contributed by atoms with Crippen molar-refractivity contribution >= 4 is 11.7 Å². The fourth-order valence-corrected chi connectivity index (χ4v) is 2.32. The molecule has 19 heavy (non-hydrogen) atoms. The summed E-state index contributed by atoms with van der Waals surface area (Å²) in [6, 6.07) is 7.42. The minimum Gasteiger partial charge on any atom is -0.497 e. The maximum atomic E-state index is 12.2. The van der Waals surface area contributed by atoms with Crippen LogP contribution in [-0.4, -0.2) is 30.6 Å². The molecule has 2 amide bonds. The zero-order valence-corrected chi connectivity index (χ0v) is 11.3. The van der Waals surface area contributed by atoms with Gasteiger partial charge in [0.15, 0.2) is 0 Å². The summed E-state index contributed by atoms with van der Waals surface area (Å²) in [5, 5.41) is 2.91. The van der Waals surface area contributed by atoms with E-state index in [4.69, 9.17) is 4.74 Å². The predicted octanol–water partition coefficient (Wildman–Crippen LogP) is 3.27. The van der Waals surface area contributed by atoms with Crippen molar-refractivity contribution < 1.29 is 9.53 Å². The van der Waals surface area contributed by atoms with Gasteiger partial charge < -0.3 is 15.0 Å². The minimum absolute atomic E-state index is 0.0604. The summed E-state index contributed by atoms with van der Waals surface area (Å²) in [5.74, 6) is 0.778. The van der Waals surface area contributed by atoms with Crippen LogP contribution in [0.2, 0.25) is 0 Å². The lowest BCUT2D eigenvalue weighted by molar-refractivity contribution is 0.180. The first-order chi connectivity index (χ1) is 9.24. The first-order valence-electron chi connectivity index (χ1n) is 6.59. The average molecular weight is 260 g/mol. The number of anilines is 1. The molecule has 1 fully saturated rings. The molecule has 4 nitrogen and oxygen atoms in total. The zero-order chi connectivity index (χ0) is 13.7. The van der Waals surface area contributed by atoms with Gasteiger partial charge in [0, 0.05) is 12.2 Å². The second-order valence-corrected chi connectivity index (χ2v) is 4.65. The second-order valence-electron chi connectivity index (χ2n) is 4.65. The molecular weight excluding hydrogens is 240 g/mol. The highest BCUT2D eigenvalue weighted by atomic mass is 16.5. The van der Waals surface area contributed by atoms with Crippen LogP contribution in [0.5, 0.6) is 5.75 Å². The van der Waals surface area contributed by atoms with Gasteiger partial charge in [0.25, 0.3) is 0 Å². The number of ether oxygens (including phenoxy) is 1. The summed E-state index contributed by atoms with van der Waals surface area (Å²) < 4.78 is 5.09. The first-order valence-corrected chi connectivity index (χ1v) is 6.59. The average Bonchev–Trinajstić information content (AvgIpc) is 2.48. The van der Waals surface area contributed by atoms with Crippen LogP contribution in [0.15, 0.2) is 36.9 Å². The van der Waals surface area contributed by atoms with E-state index in [0.717, 1.165) is 37.2 Å². The number of hydrogen-bond acceptors (Lipinski definition) is 2. The first kappa shape index (κ1) is 13.5. The molecule has 1 aromatic carbocycles. The highest BCUT2D eigenvalue weighted by molar-refractivity contribution is 5.89. The summed E-state index contributed by atoms with van der Waals surface area (Å²) in [4.78, 5) is 14.1. The van der Waals surface area contributed by atoms with Crippen molar-refractivity contribution in [3.63, 3.8) is 0 Å². The maximum Gasteiger partial charge on any atom is 0.322 e. The molecule has 0 saturated carbocycles. The third-order valence-electron chi connectivity index (χ3n) is 3.42. The molecule has 4 heteroatoms. The number of piperidine rings is 1. The topological polar surface area (TPSA) is 41.6 Å². The van der Waals surface area contributed by atoms with Gasteiger partial charge in [-0.3, -0.25) is 0 Å². The Morgan fingerprint density at radius 1 is 1.42 bits per heavy atom. The van der Waals surface area contributed by atoms with Crippen molar-refractivity contribution in [2.45, 2.75) is 25.3 Å². The molecule has 1 aromatic rings. The van der Waals surface area contributed by atoms with Gasteiger partial charge in [0.05, 0.1) is 13.2 Å². The third-order valence-corrected chi connectivity index (χ3v) is 3.42. The lowest BCUT2D eigenvalue weighted by Crippen LogP contribution is -2.44. The Hall–Kier alpha value is -1.97. The lowest BCUT2D eigenvalue weighted by Gasteiger charge is -2.33. The molecule has 0 aromatic heterocycles. The number of likely N-dealkylation sites (tertiary alicyclic amines) is 1. The number of benzene rings is 1. The molecule has 1 aliphatic rings. The summed E-state index contributed by atoms with van der Waals surface area (Å²) >= 11 is 0. The minimum atomic E-state index is -0.0604. The number of carbonyl (C=O) groups excluding carboxylic acids is 1. The van der Waals surface area contributed by atoms with Gasteiger partial charge in [-0.25, -0.2) is 4.79 Å². The van der Waals surface area contributed by atoms with Crippen molar-refractivity contribution in [1.82, 2.24) is 4.90 Å². The second kappa shape index (κ2) is 6.27. The highest BCUT2D eigenvalue weighted by Crippen LogP contribution is 2.20. The Labute approximate surface area is 114 Å². The Kier molecular flexibility index (Phi) is 4.44. The summed E-state index contributed by atoms with van der Waals surface area (Å²) in [6.45, 7) is 4.60. The van der Waals surface area contributed by atoms with Crippen LogP contribution in [-0.2, 0) is 0 Å². The largest absolute Gasteiger partial charge is 0.497 e. The molecule has 1 atom stereocenters. The van der Waals surface area contributed by atoms with E-state index in [1.807, 2.05) is 35.2 Å². The number of nitrogens with zero attached hydrogens (tertiary/aromatic N) is 1. The van der Waals surface area contributed by atoms with Gasteiger partial charge >= 0.3 is 6.03 Å². The normalized spacial score (nSPS) is 18.8. The third kappa shape index (κ3) is 3.28. The fourth-order valence-electron chi connectivity index (χ4n) is 2.32. The SMILES string of the molecule is C=CC1CCCCN1C(=O)Nc1ccc(OC)cc1. The van der Waals surface area contributed by atoms with Crippen molar-refractivity contribution in [2.75, 3.05) is 19.0 Å². The lowest BCUT2D eigenvalue weighted by atomic mass is 10.0. The molecule has 1 heterocycles. The van der Waals surface area contributed by atoms with Gasteiger partial charge in [-0.2, -0.15) is 0 Å². The van der Waals surface area contributed by atoms with E-state index in [1.165, 1.54) is 0 Å². The van der Waals surface area contributed by atoms with Gasteiger partial charge in [0.1, 0.15) is 5.75 Å². The molecule has 0 aliphatic carbocycles. The van der Waals surface area contributed by atoms with Gasteiger partial charge in [-0.15, -0.1) is 6.58 Å². The van der Waals surface area contributed by atoms with Crippen LogP contribution in [0.4, 0.5) is 10.5 Å². The number of carbonyl (C=O) groups is 1. The summed E-state index contributed by atoms with van der Waals surface area (Å²) in [6.07, 6.45) is 5.07. The van der Waals surface area contributed by atoms with Crippen molar-refractivity contribution in [3.05, 3.63) is 36.9 Å². The van der Waals surface area contributed by atoms with E-state index in [1.54, 1.807) is 7.11 Å². The van der Waals surface area contributed by atoms with E-state index in [0.29, 0.717) is 0 Å². The zero-order valence-electron chi connectivity index (χ0n) is 11.3. The van der Waals surface area contributed by atoms with Crippen LogP contribution in [0.1, 0.15) is 19.3 Å². The number of urea groups is 1. The highest BCUT2D eigenvalue weighted by Gasteiger charge is 2.24. The summed E-state index contributed by atoms with van der Waals surface area (Å²) in [5.41, 5.74) is 0.777. The molecule has 1 unspecified atom stereocenters. The van der Waals surface area contributed by atoms with Crippen LogP contribution < -0.4 is 10.1 Å². The fraction of sp³-hybridized carbons (Fsp3) is 0.400. The van der Waals surface area contributed by atoms with Crippen molar-refractivity contribution in [3.8, 4) is 5.75 Å². The van der Waals surface area contributed by atoms with E-state index < -0.39 is 0 Å². The van der Waals surface area contributed by atoms with Gasteiger partial charge in [-0.05, 0) is 43.5 Å². The molecule has 1 aliphatic heterocycles. The van der Waals surface area contributed by atoms with E-state index in [-0.39, 0.29) is 12.1 Å². The molecule has 0 spiro atoms. The van der Waals surface area contributed by atoms with Gasteiger partial charge in [-0.1, -0.05) is 6.08 Å². The van der Waals surface area contributed by atoms with Crippen molar-refractivity contribution in [2.24, 2.45) is 0 Å². The molecule has 0 radical (unpaired) electrons. The van der Waals surface area contributed by atoms with Gasteiger partial charge in [0.2, 0.25) is 0 Å². The molecular formula is C15H20N2O2. The smallest absolute Gasteiger partial charge is 0.322 e. The standard InChI is InChI=1S/C15H20N2O2/c1-3-13-6-4-5-11-17(13)15(18)16-12-7-9-14(19-2)10-8-12/h3,7-10,13H,1,4-6,11H2,2H3,(H,16,18). The number of rotatable bonds is 3. The van der Waals surface area contributed by atoms with E-state index in [2.05, 4.69) is 11.9 Å². The van der Waals surface area contributed by atoms with Crippen LogP contribution in [0.3, 0.4) is 0 Å². The Balaban J connectivity index is 2.00. The molecule has 0 bridgehead atoms.